The summed E-state index contributed by atoms with van der Waals surface area (Å²) in [7, 11) is 9.82. The Morgan fingerprint density at radius 3 is 1.41 bits per heavy atom. The van der Waals surface area contributed by atoms with Crippen molar-refractivity contribution in [2.75, 3.05) is 55.9 Å². The third kappa shape index (κ3) is 20.1. The van der Waals surface area contributed by atoms with Gasteiger partial charge < -0.3 is 60.7 Å². The Morgan fingerprint density at radius 2 is 0.951 bits per heavy atom. The van der Waals surface area contributed by atoms with Crippen molar-refractivity contribution in [3.63, 3.8) is 0 Å². The largest absolute Gasteiger partial charge is 0.390 e. The maximum absolute atomic E-state index is 15.1. The molecule has 0 radical (unpaired) electrons. The number of rotatable bonds is 13. The average molecular weight is 1160 g/mol. The van der Waals surface area contributed by atoms with Crippen LogP contribution in [0.1, 0.15) is 143 Å². The molecule has 1 aliphatic heterocycles. The Balaban J connectivity index is 4.24. The summed E-state index contributed by atoms with van der Waals surface area (Å²) in [4.78, 5) is 167. The summed E-state index contributed by atoms with van der Waals surface area (Å²) in [6, 6.07) is -12.3. The maximum atomic E-state index is 15.1. The number of nitrogens with zero attached hydrogens (tertiary/aromatic N) is 7. The van der Waals surface area contributed by atoms with E-state index in [1.54, 1.807) is 60.6 Å². The molecule has 11 amide bonds. The zero-order chi connectivity index (χ0) is 63.7. The van der Waals surface area contributed by atoms with Crippen molar-refractivity contribution in [1.29, 1.82) is 0 Å². The van der Waals surface area contributed by atoms with Crippen LogP contribution in [0.3, 0.4) is 0 Å². The number of carbonyl (C=O) groups excluding carboxylic acids is 11. The highest BCUT2D eigenvalue weighted by Crippen LogP contribution is 2.25. The van der Waals surface area contributed by atoms with Crippen molar-refractivity contribution in [2.24, 2.45) is 35.5 Å². The van der Waals surface area contributed by atoms with Gasteiger partial charge in [0, 0.05) is 49.3 Å². The first-order chi connectivity index (χ1) is 37.8. The van der Waals surface area contributed by atoms with Gasteiger partial charge in [0.15, 0.2) is 0 Å². The van der Waals surface area contributed by atoms with Gasteiger partial charge in [-0.05, 0) is 95.3 Å². The van der Waals surface area contributed by atoms with Crippen molar-refractivity contribution in [2.45, 2.75) is 209 Å². The molecule has 0 unspecified atom stereocenters. The van der Waals surface area contributed by atoms with Crippen molar-refractivity contribution >= 4 is 65.0 Å². The number of hydrogen-bond acceptors (Lipinski definition) is 12. The molecule has 1 aliphatic rings. The molecular formula is C59H105N11O12. The van der Waals surface area contributed by atoms with Crippen LogP contribution in [0.2, 0.25) is 0 Å². The van der Waals surface area contributed by atoms with E-state index in [2.05, 4.69) is 21.3 Å². The minimum atomic E-state index is -1.61. The summed E-state index contributed by atoms with van der Waals surface area (Å²) in [5.41, 5.74) is 0. The lowest BCUT2D eigenvalue weighted by atomic mass is 9.91. The number of amides is 11. The van der Waals surface area contributed by atoms with E-state index in [1.807, 2.05) is 41.5 Å². The van der Waals surface area contributed by atoms with Crippen LogP contribution < -0.4 is 21.3 Å². The highest BCUT2D eigenvalue weighted by atomic mass is 16.3. The number of aliphatic hydroxyl groups excluding tert-OH is 1. The molecule has 1 heterocycles. The van der Waals surface area contributed by atoms with E-state index in [4.69, 9.17) is 0 Å². The van der Waals surface area contributed by atoms with E-state index in [0.717, 1.165) is 14.7 Å². The number of aliphatic hydroxyl groups is 1. The summed E-state index contributed by atoms with van der Waals surface area (Å²) in [6.07, 6.45) is 2.88. The predicted octanol–water partition coefficient (Wildman–Crippen LogP) is 2.24. The van der Waals surface area contributed by atoms with Crippen molar-refractivity contribution in [3.05, 3.63) is 12.2 Å². The van der Waals surface area contributed by atoms with Gasteiger partial charge in [-0.2, -0.15) is 0 Å². The fourth-order valence-corrected chi connectivity index (χ4v) is 10.0. The monoisotopic (exact) mass is 1160 g/mol. The first kappa shape index (κ1) is 73.9. The molecule has 82 heavy (non-hydrogen) atoms. The second-order valence-electron chi connectivity index (χ2n) is 24.6. The Bertz CT molecular complexity index is 2260. The van der Waals surface area contributed by atoms with Gasteiger partial charge in [0.25, 0.3) is 0 Å². The molecule has 0 aromatic carbocycles. The van der Waals surface area contributed by atoms with E-state index in [-0.39, 0.29) is 43.4 Å². The Labute approximate surface area is 489 Å². The second kappa shape index (κ2) is 33.2. The lowest BCUT2D eigenvalue weighted by molar-refractivity contribution is -0.157. The summed E-state index contributed by atoms with van der Waals surface area (Å²) in [5, 5.41) is 22.8. The number of nitrogens with one attached hydrogen (secondary N) is 4. The topological polar surface area (TPSA) is 279 Å². The van der Waals surface area contributed by atoms with E-state index >= 15 is 9.59 Å². The first-order valence-electron chi connectivity index (χ1n) is 29.2. The molecule has 12 atom stereocenters. The summed E-state index contributed by atoms with van der Waals surface area (Å²) in [6.45, 7) is 26.9. The van der Waals surface area contributed by atoms with Gasteiger partial charge in [-0.15, -0.1) is 0 Å². The quantitative estimate of drug-likeness (QED) is 0.166. The first-order valence-corrected chi connectivity index (χ1v) is 29.2. The fraction of sp³-hybridized carbons (Fsp3) is 0.780. The molecule has 5 N–H and O–H groups in total. The molecule has 468 valence electrons. The van der Waals surface area contributed by atoms with Crippen LogP contribution in [-0.4, -0.2) is 227 Å². The Kier molecular flexibility index (Phi) is 29.9. The standard InChI is InChI=1S/C59H105N11O12/c1-24-26-27-37(13)49(72)48-53(76)62-41(25-2)55(78)64(17)31-45(71)66(19)42(28-32(3)4)52(75)63-46(35(9)10)58(81)65(18)40(16)51(74)60-38(14)50(73)61-39(15)54(77)67(20)43(29-33(5)6)56(79)68(21)44(30-34(7)8)57(80)69(22)47(36(11)12)59(82)70(48)23/h24,26,32-44,46-49,72H,25,27-31H2,1-23H3,(H,60,74)(H,61,73)(H,62,76)(H,63,75)/b26-24+/t37-,38+,39-,40+,41+,42+,43+,44+,46+,47+,48+,49-/m1/s1. The van der Waals surface area contributed by atoms with E-state index < -0.39 is 156 Å². The summed E-state index contributed by atoms with van der Waals surface area (Å²) < 4.78 is 0. The van der Waals surface area contributed by atoms with Gasteiger partial charge in [0.2, 0.25) is 65.0 Å². The van der Waals surface area contributed by atoms with Crippen LogP contribution in [0.5, 0.6) is 0 Å². The molecule has 0 aromatic heterocycles. The lowest BCUT2D eigenvalue weighted by Crippen LogP contribution is -2.63. The second-order valence-corrected chi connectivity index (χ2v) is 24.6. The molecule has 0 spiro atoms. The molecule has 0 saturated carbocycles. The highest BCUT2D eigenvalue weighted by molar-refractivity contribution is 5.99. The van der Waals surface area contributed by atoms with Gasteiger partial charge in [-0.25, -0.2) is 0 Å². The fourth-order valence-electron chi connectivity index (χ4n) is 10.0. The molecule has 0 bridgehead atoms. The van der Waals surface area contributed by atoms with Gasteiger partial charge in [-0.3, -0.25) is 52.7 Å². The molecule has 0 aromatic rings. The zero-order valence-electron chi connectivity index (χ0n) is 53.8. The van der Waals surface area contributed by atoms with Crippen LogP contribution in [-0.2, 0) is 52.7 Å². The SMILES string of the molecule is C/C=C/C[C@@H](C)[C@@H](O)[C@H]1C(=O)N[C@@H](CC)C(=O)N(C)CC(=O)N(C)[C@@H](CC(C)C)C(=O)N[C@@H](C(C)C)C(=O)N(C)[C@@H](C)C(=O)N[C@@H](C)C(=O)N[C@H](C)C(=O)N(C)[C@@H](CC(C)C)C(=O)N(C)[C@@H](CC(C)C)C(=O)N(C)[C@@H](C(C)C)C(=O)N1C. The minimum absolute atomic E-state index is 0.0235. The zero-order valence-corrected chi connectivity index (χ0v) is 53.8. The predicted molar refractivity (Wildman–Crippen MR) is 315 cm³/mol. The number of hydrogen-bond donors (Lipinski definition) is 5. The van der Waals surface area contributed by atoms with Gasteiger partial charge in [-0.1, -0.05) is 95.2 Å². The summed E-state index contributed by atoms with van der Waals surface area (Å²) >= 11 is 0. The van der Waals surface area contributed by atoms with E-state index in [9.17, 15) is 48.3 Å². The van der Waals surface area contributed by atoms with E-state index in [1.165, 1.54) is 89.7 Å². The average Bonchev–Trinajstić information content (AvgIpc) is 3.40. The van der Waals surface area contributed by atoms with Gasteiger partial charge in [0.1, 0.15) is 60.4 Å². The number of allylic oxidation sites excluding steroid dienone is 2. The lowest BCUT2D eigenvalue weighted by Gasteiger charge is -2.41. The smallest absolute Gasteiger partial charge is 0.246 e. The Morgan fingerprint density at radius 1 is 0.488 bits per heavy atom. The molecule has 0 aliphatic carbocycles. The molecule has 23 heteroatoms. The van der Waals surface area contributed by atoms with Crippen LogP contribution in [0.25, 0.3) is 0 Å². The van der Waals surface area contributed by atoms with Crippen molar-refractivity contribution in [3.8, 4) is 0 Å². The maximum Gasteiger partial charge on any atom is 0.246 e. The molecule has 1 saturated heterocycles. The van der Waals surface area contributed by atoms with Crippen molar-refractivity contribution in [1.82, 2.24) is 55.6 Å². The van der Waals surface area contributed by atoms with Gasteiger partial charge >= 0.3 is 0 Å². The van der Waals surface area contributed by atoms with Gasteiger partial charge in [0.05, 0.1) is 12.6 Å². The number of carbonyl (C=O) groups is 11. The van der Waals surface area contributed by atoms with Crippen molar-refractivity contribution < 1.29 is 57.8 Å². The normalized spacial score (nSPS) is 27.4. The summed E-state index contributed by atoms with van der Waals surface area (Å²) in [5.74, 6) is -9.67. The Hall–Kier alpha value is -6.13. The van der Waals surface area contributed by atoms with Crippen LogP contribution >= 0.6 is 0 Å². The van der Waals surface area contributed by atoms with Crippen LogP contribution in [0.15, 0.2) is 12.2 Å². The number of likely N-dealkylation sites (N-methyl/N-ethyl adjacent to an activating group) is 7. The molecular weight excluding hydrogens is 1050 g/mol. The minimum Gasteiger partial charge on any atom is -0.390 e. The van der Waals surface area contributed by atoms with Crippen LogP contribution in [0, 0.1) is 35.5 Å². The molecule has 1 rings (SSSR count). The highest BCUT2D eigenvalue weighted by Gasteiger charge is 2.45. The third-order valence-electron chi connectivity index (χ3n) is 15.6. The van der Waals surface area contributed by atoms with E-state index in [0.29, 0.717) is 6.42 Å². The molecule has 23 nitrogen and oxygen atoms in total. The molecule has 1 fully saturated rings. The third-order valence-corrected chi connectivity index (χ3v) is 15.6. The van der Waals surface area contributed by atoms with Crippen LogP contribution in [0.4, 0.5) is 0 Å².